The number of hydrogen-bond acceptors (Lipinski definition) is 9. The second-order valence-corrected chi connectivity index (χ2v) is 9.41. The minimum Gasteiger partial charge on any atom is -0.456 e. The summed E-state index contributed by atoms with van der Waals surface area (Å²) < 4.78 is 30.0. The van der Waals surface area contributed by atoms with Crippen molar-refractivity contribution < 1.29 is 33.3 Å². The molecule has 0 saturated carbocycles. The van der Waals surface area contributed by atoms with Gasteiger partial charge in [0, 0.05) is 35.3 Å². The van der Waals surface area contributed by atoms with Crippen LogP contribution in [-0.2, 0) is 33.3 Å². The number of fused-ring (bicyclic) bond motifs is 1. The number of carbonyl (C=O) groups is 2. The van der Waals surface area contributed by atoms with E-state index in [0.717, 1.165) is 10.5 Å². The van der Waals surface area contributed by atoms with Crippen LogP contribution in [0, 0.1) is 0 Å². The molecule has 2 aromatic carbocycles. The maximum Gasteiger partial charge on any atom is 0.306 e. The summed E-state index contributed by atoms with van der Waals surface area (Å²) >= 11 is 1.36. The number of ether oxygens (including phenoxy) is 5. The molecule has 2 fully saturated rings. The first-order valence-electron chi connectivity index (χ1n) is 11.6. The molecular weight excluding hydrogens is 486 g/mol. The van der Waals surface area contributed by atoms with E-state index >= 15 is 0 Å². The van der Waals surface area contributed by atoms with Gasteiger partial charge in [-0.05, 0) is 24.1 Å². The van der Waals surface area contributed by atoms with Crippen molar-refractivity contribution in [2.75, 3.05) is 13.2 Å². The molecular formula is C25H27N3O7S. The molecule has 2 aliphatic rings. The van der Waals surface area contributed by atoms with Crippen molar-refractivity contribution in [3.63, 3.8) is 0 Å². The van der Waals surface area contributed by atoms with Crippen LogP contribution >= 0.6 is 11.8 Å². The van der Waals surface area contributed by atoms with Gasteiger partial charge in [0.25, 0.3) is 0 Å². The number of esters is 2. The topological polar surface area (TPSA) is 129 Å². The zero-order valence-electron chi connectivity index (χ0n) is 19.7. The van der Waals surface area contributed by atoms with Crippen molar-refractivity contribution in [2.24, 2.45) is 5.11 Å². The molecule has 0 bridgehead atoms. The van der Waals surface area contributed by atoms with Crippen molar-refractivity contribution in [1.82, 2.24) is 0 Å². The number of benzene rings is 2. The number of hydrogen-bond donors (Lipinski definition) is 0. The van der Waals surface area contributed by atoms with Gasteiger partial charge in [0.05, 0.1) is 6.61 Å². The maximum absolute atomic E-state index is 12.7. The first-order valence-corrected chi connectivity index (χ1v) is 12.5. The van der Waals surface area contributed by atoms with Crippen molar-refractivity contribution in [3.8, 4) is 0 Å². The molecule has 190 valence electrons. The molecule has 11 heteroatoms. The maximum atomic E-state index is 12.7. The lowest BCUT2D eigenvalue weighted by Gasteiger charge is -2.48. The minimum absolute atomic E-state index is 0.0374. The van der Waals surface area contributed by atoms with Gasteiger partial charge in [-0.2, -0.15) is 0 Å². The monoisotopic (exact) mass is 513 g/mol. The van der Waals surface area contributed by atoms with Gasteiger partial charge in [-0.25, -0.2) is 0 Å². The summed E-state index contributed by atoms with van der Waals surface area (Å²) in [6.45, 7) is 1.68. The average molecular weight is 514 g/mol. The Bertz CT molecular complexity index is 1070. The molecule has 0 aromatic heterocycles. The van der Waals surface area contributed by atoms with E-state index in [2.05, 4.69) is 10.0 Å². The van der Waals surface area contributed by atoms with Crippen LogP contribution in [0.2, 0.25) is 0 Å². The lowest BCUT2D eigenvalue weighted by atomic mass is 9.98. The second-order valence-electron chi connectivity index (χ2n) is 8.24. The molecule has 0 radical (unpaired) electrons. The molecule has 2 heterocycles. The summed E-state index contributed by atoms with van der Waals surface area (Å²) in [5.74, 6) is -1.04. The van der Waals surface area contributed by atoms with Crippen LogP contribution in [0.15, 0.2) is 70.7 Å². The number of nitrogens with zero attached hydrogens (tertiary/aromatic N) is 3. The zero-order valence-corrected chi connectivity index (χ0v) is 20.5. The molecule has 6 atom stereocenters. The van der Waals surface area contributed by atoms with E-state index < -0.39 is 48.1 Å². The summed E-state index contributed by atoms with van der Waals surface area (Å²) in [7, 11) is 0. The van der Waals surface area contributed by atoms with Crippen LogP contribution in [-0.4, -0.2) is 54.9 Å². The Morgan fingerprint density at radius 2 is 1.78 bits per heavy atom. The highest BCUT2D eigenvalue weighted by atomic mass is 32.2. The zero-order chi connectivity index (χ0) is 25.3. The molecule has 0 amide bonds. The fourth-order valence-corrected chi connectivity index (χ4v) is 5.18. The van der Waals surface area contributed by atoms with Crippen molar-refractivity contribution >= 4 is 23.7 Å². The molecule has 2 aliphatic heterocycles. The quantitative estimate of drug-likeness (QED) is 0.157. The Morgan fingerprint density at radius 1 is 1.06 bits per heavy atom. The minimum atomic E-state index is -0.943. The standard InChI is InChI=1S/C25H27N3O7S/c1-16(29)32-22-21-19(15-31-24(35-21)17-9-4-2-5-10-17)33-25(36-18-11-6-3-7-12-18)23(22)34-20(30)13-8-14-27-28-26/h2-7,9-12,19,21-25H,8,13-15H2,1H3/t19-,21-,22+,23-,24?,25+/m1/s1. The third kappa shape index (κ3) is 6.77. The number of azide groups is 1. The third-order valence-electron chi connectivity index (χ3n) is 5.62. The molecule has 0 N–H and O–H groups in total. The molecule has 2 saturated heterocycles. The Kier molecular flexibility index (Phi) is 9.21. The van der Waals surface area contributed by atoms with Gasteiger partial charge in [0.15, 0.2) is 18.5 Å². The summed E-state index contributed by atoms with van der Waals surface area (Å²) in [6.07, 6.45) is -3.45. The predicted molar refractivity (Wildman–Crippen MR) is 130 cm³/mol. The van der Waals surface area contributed by atoms with Crippen LogP contribution in [0.4, 0.5) is 0 Å². The van der Waals surface area contributed by atoms with E-state index in [0.29, 0.717) is 6.42 Å². The Hall–Kier alpha value is -3.08. The molecule has 10 nitrogen and oxygen atoms in total. The van der Waals surface area contributed by atoms with E-state index in [-0.39, 0.29) is 19.6 Å². The van der Waals surface area contributed by atoms with Crippen LogP contribution in [0.25, 0.3) is 10.4 Å². The SMILES string of the molecule is CC(=O)O[C@@H]1[C@@H](OC(=O)CCCN=[N+]=[N-])[C@H](Sc2ccccc2)O[C@@H]2COC(c3ccccc3)O[C@@H]12. The lowest BCUT2D eigenvalue weighted by Crippen LogP contribution is -2.63. The van der Waals surface area contributed by atoms with E-state index in [9.17, 15) is 9.59 Å². The van der Waals surface area contributed by atoms with Crippen molar-refractivity contribution in [3.05, 3.63) is 76.7 Å². The van der Waals surface area contributed by atoms with Gasteiger partial charge < -0.3 is 23.7 Å². The Balaban J connectivity index is 1.58. The van der Waals surface area contributed by atoms with Crippen LogP contribution in [0.5, 0.6) is 0 Å². The molecule has 0 aliphatic carbocycles. The van der Waals surface area contributed by atoms with Crippen molar-refractivity contribution in [2.45, 2.75) is 60.8 Å². The van der Waals surface area contributed by atoms with Crippen LogP contribution < -0.4 is 0 Å². The summed E-state index contributed by atoms with van der Waals surface area (Å²) in [6, 6.07) is 18.9. The van der Waals surface area contributed by atoms with Crippen LogP contribution in [0.1, 0.15) is 31.6 Å². The molecule has 1 unspecified atom stereocenters. The Labute approximate surface area is 212 Å². The van der Waals surface area contributed by atoms with Gasteiger partial charge in [-0.15, -0.1) is 0 Å². The average Bonchev–Trinajstić information content (AvgIpc) is 2.89. The second kappa shape index (κ2) is 12.8. The van der Waals surface area contributed by atoms with Crippen molar-refractivity contribution in [1.29, 1.82) is 0 Å². The highest BCUT2D eigenvalue weighted by Crippen LogP contribution is 2.41. The number of thioether (sulfide) groups is 1. The predicted octanol–water partition coefficient (Wildman–Crippen LogP) is 4.55. The smallest absolute Gasteiger partial charge is 0.306 e. The van der Waals surface area contributed by atoms with Gasteiger partial charge >= 0.3 is 11.9 Å². The van der Waals surface area contributed by atoms with Gasteiger partial charge in [-0.1, -0.05) is 65.4 Å². The van der Waals surface area contributed by atoms with E-state index in [1.54, 1.807) is 0 Å². The van der Waals surface area contributed by atoms with Gasteiger partial charge in [0.1, 0.15) is 17.6 Å². The van der Waals surface area contributed by atoms with Gasteiger partial charge in [-0.3, -0.25) is 9.59 Å². The number of rotatable bonds is 9. The largest absolute Gasteiger partial charge is 0.456 e. The molecule has 4 rings (SSSR count). The lowest BCUT2D eigenvalue weighted by molar-refractivity contribution is -0.320. The summed E-state index contributed by atoms with van der Waals surface area (Å²) in [4.78, 5) is 28.4. The molecule has 2 aromatic rings. The first-order chi connectivity index (χ1) is 17.5. The Morgan fingerprint density at radius 3 is 2.47 bits per heavy atom. The van der Waals surface area contributed by atoms with E-state index in [4.69, 9.17) is 29.2 Å². The summed E-state index contributed by atoms with van der Waals surface area (Å²) in [5.41, 5.74) is 8.58. The highest BCUT2D eigenvalue weighted by Gasteiger charge is 2.53. The molecule has 0 spiro atoms. The van der Waals surface area contributed by atoms with E-state index in [1.807, 2.05) is 60.7 Å². The first kappa shape index (κ1) is 26.0. The highest BCUT2D eigenvalue weighted by molar-refractivity contribution is 7.99. The third-order valence-corrected chi connectivity index (χ3v) is 6.78. The normalized spacial score (nSPS) is 27.2. The van der Waals surface area contributed by atoms with E-state index in [1.165, 1.54) is 18.7 Å². The molecule has 36 heavy (non-hydrogen) atoms. The van der Waals surface area contributed by atoms with Crippen LogP contribution in [0.3, 0.4) is 0 Å². The fraction of sp³-hybridized carbons (Fsp3) is 0.440. The number of carbonyl (C=O) groups excluding carboxylic acids is 2. The summed E-state index contributed by atoms with van der Waals surface area (Å²) in [5, 5.41) is 3.45. The van der Waals surface area contributed by atoms with Gasteiger partial charge in [0.2, 0.25) is 0 Å². The fourth-order valence-electron chi connectivity index (χ4n) is 4.05.